The lowest BCUT2D eigenvalue weighted by Gasteiger charge is -2.21. The van der Waals surface area contributed by atoms with E-state index in [2.05, 4.69) is 17.6 Å². The van der Waals surface area contributed by atoms with Crippen molar-refractivity contribution in [1.29, 1.82) is 0 Å². The van der Waals surface area contributed by atoms with Crippen LogP contribution in [0.1, 0.15) is 45.4 Å². The lowest BCUT2D eigenvalue weighted by Crippen LogP contribution is -2.32. The van der Waals surface area contributed by atoms with Crippen LogP contribution in [-0.2, 0) is 4.79 Å². The number of amides is 1. The van der Waals surface area contributed by atoms with Crippen LogP contribution in [0.3, 0.4) is 0 Å². The second kappa shape index (κ2) is 7.69. The molecule has 1 amide bonds. The molecule has 1 heterocycles. The average Bonchev–Trinajstić information content (AvgIpc) is 2.26. The average molecular weight is 212 g/mol. The van der Waals surface area contributed by atoms with E-state index in [1.165, 1.54) is 12.8 Å². The molecule has 88 valence electrons. The summed E-state index contributed by atoms with van der Waals surface area (Å²) >= 11 is 0. The molecule has 0 atom stereocenters. The van der Waals surface area contributed by atoms with Crippen LogP contribution in [0.25, 0.3) is 0 Å². The Hall–Kier alpha value is -0.570. The molecule has 3 heteroatoms. The maximum absolute atomic E-state index is 11.5. The Bertz CT molecular complexity index is 176. The highest BCUT2D eigenvalue weighted by Crippen LogP contribution is 2.15. The van der Waals surface area contributed by atoms with Gasteiger partial charge in [0.25, 0.3) is 0 Å². The van der Waals surface area contributed by atoms with Crippen molar-refractivity contribution in [2.75, 3.05) is 19.6 Å². The van der Waals surface area contributed by atoms with Gasteiger partial charge in [-0.2, -0.15) is 0 Å². The summed E-state index contributed by atoms with van der Waals surface area (Å²) in [4.78, 5) is 11.5. The Morgan fingerprint density at radius 3 is 2.73 bits per heavy atom. The fraction of sp³-hybridized carbons (Fsp3) is 0.917. The highest BCUT2D eigenvalue weighted by molar-refractivity contribution is 5.76. The fourth-order valence-corrected chi connectivity index (χ4v) is 2.02. The first-order valence-electron chi connectivity index (χ1n) is 6.30. The van der Waals surface area contributed by atoms with E-state index in [0.29, 0.717) is 5.92 Å². The molecule has 1 fully saturated rings. The second-order valence-corrected chi connectivity index (χ2v) is 4.45. The van der Waals surface area contributed by atoms with E-state index in [4.69, 9.17) is 0 Å². The highest BCUT2D eigenvalue weighted by Gasteiger charge is 2.16. The van der Waals surface area contributed by atoms with Crippen molar-refractivity contribution in [3.63, 3.8) is 0 Å². The van der Waals surface area contributed by atoms with Crippen LogP contribution in [0.4, 0.5) is 0 Å². The molecule has 0 bridgehead atoms. The predicted molar refractivity (Wildman–Crippen MR) is 62.7 cm³/mol. The summed E-state index contributed by atoms with van der Waals surface area (Å²) in [6.07, 6.45) is 6.59. The Morgan fingerprint density at radius 2 is 2.07 bits per heavy atom. The Labute approximate surface area is 93.0 Å². The molecule has 1 aliphatic heterocycles. The lowest BCUT2D eigenvalue weighted by molar-refractivity contribution is -0.122. The first-order chi connectivity index (χ1) is 7.33. The number of unbranched alkanes of at least 4 members (excludes halogenated alkanes) is 2. The van der Waals surface area contributed by atoms with Crippen molar-refractivity contribution in [3.8, 4) is 0 Å². The standard InChI is InChI=1S/C12H24N2O/c1-2-3-4-7-14-12(15)10-11-5-8-13-9-6-11/h11,13H,2-10H2,1H3,(H,14,15). The lowest BCUT2D eigenvalue weighted by atomic mass is 9.94. The fourth-order valence-electron chi connectivity index (χ4n) is 2.02. The predicted octanol–water partition coefficient (Wildman–Crippen LogP) is 1.68. The molecule has 0 radical (unpaired) electrons. The molecule has 1 saturated heterocycles. The minimum atomic E-state index is 0.248. The summed E-state index contributed by atoms with van der Waals surface area (Å²) in [6, 6.07) is 0. The molecule has 0 spiro atoms. The Balaban J connectivity index is 2.01. The third kappa shape index (κ3) is 5.78. The molecule has 0 unspecified atom stereocenters. The van der Waals surface area contributed by atoms with Gasteiger partial charge in [0.2, 0.25) is 5.91 Å². The zero-order chi connectivity index (χ0) is 10.9. The first-order valence-corrected chi connectivity index (χ1v) is 6.30. The van der Waals surface area contributed by atoms with Gasteiger partial charge in [0.1, 0.15) is 0 Å². The second-order valence-electron chi connectivity index (χ2n) is 4.45. The van der Waals surface area contributed by atoms with Crippen LogP contribution in [0.2, 0.25) is 0 Å². The molecule has 15 heavy (non-hydrogen) atoms. The molecule has 0 saturated carbocycles. The van der Waals surface area contributed by atoms with Gasteiger partial charge < -0.3 is 10.6 Å². The van der Waals surface area contributed by atoms with E-state index in [1.54, 1.807) is 0 Å². The first kappa shape index (κ1) is 12.5. The van der Waals surface area contributed by atoms with Crippen LogP contribution in [0.5, 0.6) is 0 Å². The van der Waals surface area contributed by atoms with Crippen LogP contribution < -0.4 is 10.6 Å². The molecular weight excluding hydrogens is 188 g/mol. The number of hydrogen-bond donors (Lipinski definition) is 2. The van der Waals surface area contributed by atoms with Gasteiger partial charge in [0.05, 0.1) is 0 Å². The van der Waals surface area contributed by atoms with E-state index in [1.807, 2.05) is 0 Å². The van der Waals surface area contributed by atoms with Gasteiger partial charge in [0.15, 0.2) is 0 Å². The van der Waals surface area contributed by atoms with E-state index in [9.17, 15) is 4.79 Å². The van der Waals surface area contributed by atoms with Crippen LogP contribution in [0, 0.1) is 5.92 Å². The van der Waals surface area contributed by atoms with Gasteiger partial charge in [-0.25, -0.2) is 0 Å². The van der Waals surface area contributed by atoms with Crippen molar-refractivity contribution in [3.05, 3.63) is 0 Å². The van der Waals surface area contributed by atoms with Crippen molar-refractivity contribution >= 4 is 5.91 Å². The summed E-state index contributed by atoms with van der Waals surface area (Å²) in [7, 11) is 0. The molecule has 0 aromatic carbocycles. The number of hydrogen-bond acceptors (Lipinski definition) is 2. The monoisotopic (exact) mass is 212 g/mol. The summed E-state index contributed by atoms with van der Waals surface area (Å²) in [5.74, 6) is 0.857. The summed E-state index contributed by atoms with van der Waals surface area (Å²) in [5.41, 5.74) is 0. The molecule has 1 aliphatic rings. The van der Waals surface area contributed by atoms with Gasteiger partial charge in [-0.3, -0.25) is 4.79 Å². The van der Waals surface area contributed by atoms with Gasteiger partial charge >= 0.3 is 0 Å². The summed E-state index contributed by atoms with van der Waals surface area (Å²) in [5, 5.41) is 6.32. The quantitative estimate of drug-likeness (QED) is 0.658. The number of carbonyl (C=O) groups is 1. The van der Waals surface area contributed by atoms with E-state index < -0.39 is 0 Å². The van der Waals surface area contributed by atoms with Crippen LogP contribution >= 0.6 is 0 Å². The molecule has 2 N–H and O–H groups in total. The summed E-state index contributed by atoms with van der Waals surface area (Å²) < 4.78 is 0. The Kier molecular flexibility index (Phi) is 6.41. The normalized spacial score (nSPS) is 17.7. The van der Waals surface area contributed by atoms with Crippen molar-refractivity contribution < 1.29 is 4.79 Å². The molecule has 0 aliphatic carbocycles. The maximum atomic E-state index is 11.5. The van der Waals surface area contributed by atoms with Crippen molar-refractivity contribution in [1.82, 2.24) is 10.6 Å². The highest BCUT2D eigenvalue weighted by atomic mass is 16.1. The molecular formula is C12H24N2O. The number of carbonyl (C=O) groups excluding carboxylic acids is 1. The van der Waals surface area contributed by atoms with Gasteiger partial charge in [-0.05, 0) is 38.3 Å². The van der Waals surface area contributed by atoms with E-state index in [0.717, 1.165) is 45.3 Å². The largest absolute Gasteiger partial charge is 0.356 e. The van der Waals surface area contributed by atoms with E-state index in [-0.39, 0.29) is 5.91 Å². The molecule has 0 aromatic rings. The van der Waals surface area contributed by atoms with Gasteiger partial charge in [-0.1, -0.05) is 19.8 Å². The topological polar surface area (TPSA) is 41.1 Å². The summed E-state index contributed by atoms with van der Waals surface area (Å²) in [6.45, 7) is 5.19. The van der Waals surface area contributed by atoms with Gasteiger partial charge in [0, 0.05) is 13.0 Å². The molecule has 1 rings (SSSR count). The molecule has 0 aromatic heterocycles. The molecule has 3 nitrogen and oxygen atoms in total. The SMILES string of the molecule is CCCCCNC(=O)CC1CCNCC1. The van der Waals surface area contributed by atoms with Crippen LogP contribution in [0.15, 0.2) is 0 Å². The van der Waals surface area contributed by atoms with Crippen molar-refractivity contribution in [2.24, 2.45) is 5.92 Å². The van der Waals surface area contributed by atoms with Gasteiger partial charge in [-0.15, -0.1) is 0 Å². The zero-order valence-corrected chi connectivity index (χ0v) is 9.85. The number of nitrogens with one attached hydrogen (secondary N) is 2. The maximum Gasteiger partial charge on any atom is 0.220 e. The number of rotatable bonds is 6. The van der Waals surface area contributed by atoms with Crippen molar-refractivity contribution in [2.45, 2.75) is 45.4 Å². The third-order valence-electron chi connectivity index (χ3n) is 3.04. The Morgan fingerprint density at radius 1 is 1.33 bits per heavy atom. The smallest absolute Gasteiger partial charge is 0.220 e. The minimum absolute atomic E-state index is 0.248. The van der Waals surface area contributed by atoms with Crippen LogP contribution in [-0.4, -0.2) is 25.5 Å². The third-order valence-corrected chi connectivity index (χ3v) is 3.04. The van der Waals surface area contributed by atoms with E-state index >= 15 is 0 Å². The minimum Gasteiger partial charge on any atom is -0.356 e. The number of piperidine rings is 1. The zero-order valence-electron chi connectivity index (χ0n) is 9.85.